The van der Waals surface area contributed by atoms with Crippen molar-refractivity contribution in [1.29, 1.82) is 0 Å². The zero-order valence-electron chi connectivity index (χ0n) is 14.1. The summed E-state index contributed by atoms with van der Waals surface area (Å²) in [4.78, 5) is 12.2. The van der Waals surface area contributed by atoms with Gasteiger partial charge in [0.15, 0.2) is 11.5 Å². The number of hydrogen-bond donors (Lipinski definition) is 1. The molecule has 24 heavy (non-hydrogen) atoms. The molecule has 0 saturated heterocycles. The van der Waals surface area contributed by atoms with Crippen LogP contribution in [0.5, 0.6) is 17.2 Å². The molecule has 0 aliphatic rings. The van der Waals surface area contributed by atoms with Gasteiger partial charge >= 0.3 is 0 Å². The minimum atomic E-state index is -0.364. The fourth-order valence-corrected chi connectivity index (χ4v) is 2.35. The molecule has 0 radical (unpaired) electrons. The average molecular weight is 333 g/mol. The lowest BCUT2D eigenvalue weighted by Crippen LogP contribution is -2.15. The highest BCUT2D eigenvalue weighted by Gasteiger charge is 2.18. The molecule has 0 aromatic heterocycles. The van der Waals surface area contributed by atoms with Crippen molar-refractivity contribution in [2.45, 2.75) is 13.3 Å². The Kier molecular flexibility index (Phi) is 5.63. The van der Waals surface area contributed by atoms with Gasteiger partial charge in [-0.05, 0) is 30.7 Å². The van der Waals surface area contributed by atoms with Crippen LogP contribution in [0.25, 0.3) is 0 Å². The van der Waals surface area contributed by atoms with E-state index in [0.29, 0.717) is 34.1 Å². The summed E-state index contributed by atoms with van der Waals surface area (Å²) in [6.45, 7) is 1.66. The number of halogens is 1. The van der Waals surface area contributed by atoms with Crippen molar-refractivity contribution in [2.75, 3.05) is 26.6 Å². The van der Waals surface area contributed by atoms with E-state index in [-0.39, 0.29) is 18.1 Å². The van der Waals surface area contributed by atoms with E-state index in [0.717, 1.165) is 0 Å². The number of benzene rings is 2. The number of carbonyl (C=O) groups is 1. The van der Waals surface area contributed by atoms with E-state index < -0.39 is 0 Å². The first-order valence-electron chi connectivity index (χ1n) is 7.34. The van der Waals surface area contributed by atoms with Crippen LogP contribution < -0.4 is 19.5 Å². The molecule has 2 rings (SSSR count). The number of methoxy groups -OCH3 is 3. The number of aryl methyl sites for hydroxylation is 1. The number of ether oxygens (including phenoxy) is 3. The summed E-state index contributed by atoms with van der Waals surface area (Å²) in [7, 11) is 4.52. The highest BCUT2D eigenvalue weighted by Crippen LogP contribution is 2.39. The van der Waals surface area contributed by atoms with Crippen molar-refractivity contribution in [3.63, 3.8) is 0 Å². The summed E-state index contributed by atoms with van der Waals surface area (Å²) >= 11 is 0. The number of amides is 1. The molecule has 0 aliphatic carbocycles. The van der Waals surface area contributed by atoms with E-state index in [2.05, 4.69) is 5.32 Å². The van der Waals surface area contributed by atoms with Crippen LogP contribution in [-0.4, -0.2) is 27.2 Å². The van der Waals surface area contributed by atoms with Gasteiger partial charge in [0, 0.05) is 11.3 Å². The summed E-state index contributed by atoms with van der Waals surface area (Å²) < 4.78 is 29.4. The minimum absolute atomic E-state index is 0.0546. The standard InChI is InChI=1S/C18H20FNO4/c1-11-5-7-13(10-14(11)19)20-16(21)9-12-6-8-15(22-2)18(24-4)17(12)23-3/h5-8,10H,9H2,1-4H3,(H,20,21). The molecule has 0 saturated carbocycles. The minimum Gasteiger partial charge on any atom is -0.493 e. The summed E-state index contributed by atoms with van der Waals surface area (Å²) in [5.74, 6) is 0.716. The van der Waals surface area contributed by atoms with Crippen molar-refractivity contribution in [3.8, 4) is 17.2 Å². The molecular formula is C18H20FNO4. The van der Waals surface area contributed by atoms with Gasteiger partial charge in [0.05, 0.1) is 27.8 Å². The molecule has 0 heterocycles. The summed E-state index contributed by atoms with van der Waals surface area (Å²) in [6, 6.07) is 7.99. The molecule has 0 bridgehead atoms. The Morgan fingerprint density at radius 2 is 1.75 bits per heavy atom. The average Bonchev–Trinajstić information content (AvgIpc) is 2.57. The first-order chi connectivity index (χ1) is 11.5. The molecule has 0 spiro atoms. The first kappa shape index (κ1) is 17.6. The highest BCUT2D eigenvalue weighted by atomic mass is 19.1. The number of rotatable bonds is 6. The smallest absolute Gasteiger partial charge is 0.228 e. The lowest BCUT2D eigenvalue weighted by atomic mass is 10.1. The van der Waals surface area contributed by atoms with Gasteiger partial charge < -0.3 is 19.5 Å². The third-order valence-corrected chi connectivity index (χ3v) is 3.59. The molecule has 2 aromatic rings. The molecule has 5 nitrogen and oxygen atoms in total. The fraction of sp³-hybridized carbons (Fsp3) is 0.278. The van der Waals surface area contributed by atoms with Gasteiger partial charge in [-0.3, -0.25) is 4.79 Å². The predicted octanol–water partition coefficient (Wildman–Crippen LogP) is 3.34. The Morgan fingerprint density at radius 1 is 1.04 bits per heavy atom. The molecule has 0 unspecified atom stereocenters. The van der Waals surface area contributed by atoms with Crippen LogP contribution in [0.3, 0.4) is 0 Å². The summed E-state index contributed by atoms with van der Waals surface area (Å²) in [5.41, 5.74) is 1.57. The number of anilines is 1. The van der Waals surface area contributed by atoms with Crippen molar-refractivity contribution in [2.24, 2.45) is 0 Å². The molecule has 1 N–H and O–H groups in total. The van der Waals surface area contributed by atoms with E-state index in [1.807, 2.05) is 0 Å². The third-order valence-electron chi connectivity index (χ3n) is 3.59. The molecule has 0 aliphatic heterocycles. The number of nitrogens with one attached hydrogen (secondary N) is 1. The van der Waals surface area contributed by atoms with Crippen LogP contribution in [0.1, 0.15) is 11.1 Å². The van der Waals surface area contributed by atoms with E-state index in [1.165, 1.54) is 27.4 Å². The van der Waals surface area contributed by atoms with Gasteiger partial charge in [0.1, 0.15) is 5.82 Å². The van der Waals surface area contributed by atoms with Crippen LogP contribution >= 0.6 is 0 Å². The Morgan fingerprint density at radius 3 is 2.33 bits per heavy atom. The van der Waals surface area contributed by atoms with Gasteiger partial charge in [-0.2, -0.15) is 0 Å². The highest BCUT2D eigenvalue weighted by molar-refractivity contribution is 5.92. The maximum absolute atomic E-state index is 13.6. The molecular weight excluding hydrogens is 313 g/mol. The van der Waals surface area contributed by atoms with E-state index in [1.54, 1.807) is 31.2 Å². The Hall–Kier alpha value is -2.76. The zero-order valence-corrected chi connectivity index (χ0v) is 14.1. The summed E-state index contributed by atoms with van der Waals surface area (Å²) in [5, 5.41) is 2.67. The van der Waals surface area contributed by atoms with Crippen LogP contribution in [0, 0.1) is 12.7 Å². The normalized spacial score (nSPS) is 10.2. The van der Waals surface area contributed by atoms with Gasteiger partial charge in [-0.25, -0.2) is 4.39 Å². The van der Waals surface area contributed by atoms with Crippen molar-refractivity contribution in [3.05, 3.63) is 47.3 Å². The Labute approximate surface area is 140 Å². The predicted molar refractivity (Wildman–Crippen MR) is 89.6 cm³/mol. The molecule has 0 fully saturated rings. The second kappa shape index (κ2) is 7.68. The first-order valence-corrected chi connectivity index (χ1v) is 7.34. The van der Waals surface area contributed by atoms with E-state index in [9.17, 15) is 9.18 Å². The van der Waals surface area contributed by atoms with Crippen LogP contribution in [0.15, 0.2) is 30.3 Å². The van der Waals surface area contributed by atoms with Crippen LogP contribution in [0.4, 0.5) is 10.1 Å². The second-order valence-corrected chi connectivity index (χ2v) is 5.18. The number of carbonyl (C=O) groups excluding carboxylic acids is 1. The van der Waals surface area contributed by atoms with E-state index in [4.69, 9.17) is 14.2 Å². The van der Waals surface area contributed by atoms with Crippen LogP contribution in [0.2, 0.25) is 0 Å². The Bertz CT molecular complexity index is 746. The largest absolute Gasteiger partial charge is 0.493 e. The molecule has 1 amide bonds. The lowest BCUT2D eigenvalue weighted by molar-refractivity contribution is -0.115. The maximum atomic E-state index is 13.6. The zero-order chi connectivity index (χ0) is 17.7. The number of hydrogen-bond acceptors (Lipinski definition) is 4. The van der Waals surface area contributed by atoms with Gasteiger partial charge in [0.2, 0.25) is 11.7 Å². The fourth-order valence-electron chi connectivity index (χ4n) is 2.35. The van der Waals surface area contributed by atoms with Gasteiger partial charge in [-0.1, -0.05) is 12.1 Å². The lowest BCUT2D eigenvalue weighted by Gasteiger charge is -2.15. The molecule has 128 valence electrons. The van der Waals surface area contributed by atoms with Crippen molar-refractivity contribution >= 4 is 11.6 Å². The van der Waals surface area contributed by atoms with Crippen LogP contribution in [-0.2, 0) is 11.2 Å². The maximum Gasteiger partial charge on any atom is 0.228 e. The second-order valence-electron chi connectivity index (χ2n) is 5.18. The SMILES string of the molecule is COc1ccc(CC(=O)Nc2ccc(C)c(F)c2)c(OC)c1OC. The van der Waals surface area contributed by atoms with Crippen molar-refractivity contribution < 1.29 is 23.4 Å². The van der Waals surface area contributed by atoms with E-state index >= 15 is 0 Å². The molecule has 6 heteroatoms. The molecule has 0 atom stereocenters. The topological polar surface area (TPSA) is 56.8 Å². The van der Waals surface area contributed by atoms with Gasteiger partial charge in [-0.15, -0.1) is 0 Å². The van der Waals surface area contributed by atoms with Gasteiger partial charge in [0.25, 0.3) is 0 Å². The molecule has 2 aromatic carbocycles. The van der Waals surface area contributed by atoms with Crippen molar-refractivity contribution in [1.82, 2.24) is 0 Å². The third kappa shape index (κ3) is 3.76. The quantitative estimate of drug-likeness (QED) is 0.881. The monoisotopic (exact) mass is 333 g/mol. The Balaban J connectivity index is 2.20. The summed E-state index contributed by atoms with van der Waals surface area (Å²) in [6.07, 6.45) is 0.0546.